The van der Waals surface area contributed by atoms with Gasteiger partial charge >= 0.3 is 12.1 Å². The first kappa shape index (κ1) is 17.8. The molecule has 0 aromatic rings. The fourth-order valence-electron chi connectivity index (χ4n) is 2.12. The maximum atomic E-state index is 11.8. The molecule has 0 aliphatic carbocycles. The molecule has 1 aliphatic heterocycles. The Morgan fingerprint density at radius 2 is 1.67 bits per heavy atom. The van der Waals surface area contributed by atoms with Crippen LogP contribution in [0.3, 0.4) is 0 Å². The number of carbonyl (C=O) groups is 2. The monoisotopic (exact) mass is 300 g/mol. The van der Waals surface area contributed by atoms with Crippen LogP contribution in [-0.2, 0) is 14.3 Å². The summed E-state index contributed by atoms with van der Waals surface area (Å²) in [4.78, 5) is 25.4. The van der Waals surface area contributed by atoms with Crippen LogP contribution in [0.1, 0.15) is 48.0 Å². The van der Waals surface area contributed by atoms with Gasteiger partial charge in [0.2, 0.25) is 0 Å². The number of nitrogens with zero attached hydrogens (tertiary/aromatic N) is 1. The van der Waals surface area contributed by atoms with Crippen LogP contribution >= 0.6 is 0 Å². The molecule has 1 aliphatic rings. The van der Waals surface area contributed by atoms with Crippen LogP contribution in [-0.4, -0.2) is 53.8 Å². The fourth-order valence-corrected chi connectivity index (χ4v) is 2.12. The van der Waals surface area contributed by atoms with E-state index >= 15 is 0 Å². The highest BCUT2D eigenvalue weighted by Gasteiger charge is 2.28. The van der Waals surface area contributed by atoms with Crippen LogP contribution in [0, 0.1) is 0 Å². The molecule has 0 spiro atoms. The zero-order valence-electron chi connectivity index (χ0n) is 14.0. The van der Waals surface area contributed by atoms with E-state index in [1.807, 2.05) is 46.4 Å². The molecule has 1 N–H and O–H groups in total. The first-order valence-corrected chi connectivity index (χ1v) is 7.38. The summed E-state index contributed by atoms with van der Waals surface area (Å²) in [6.07, 6.45) is 0.397. The number of alkyl carbamates (subject to hydrolysis) is 1. The van der Waals surface area contributed by atoms with Crippen molar-refractivity contribution in [2.45, 2.75) is 65.2 Å². The minimum atomic E-state index is -0.501. The van der Waals surface area contributed by atoms with Gasteiger partial charge in [-0.1, -0.05) is 0 Å². The fraction of sp³-hybridized carbons (Fsp3) is 0.867. The number of amides is 1. The molecular formula is C15H28N2O4. The lowest BCUT2D eigenvalue weighted by Crippen LogP contribution is -2.41. The van der Waals surface area contributed by atoms with Crippen LogP contribution in [0.5, 0.6) is 0 Å². The van der Waals surface area contributed by atoms with E-state index in [-0.39, 0.29) is 18.6 Å². The van der Waals surface area contributed by atoms with Crippen LogP contribution < -0.4 is 5.32 Å². The summed E-state index contributed by atoms with van der Waals surface area (Å²) >= 11 is 0. The van der Waals surface area contributed by atoms with Gasteiger partial charge in [-0.15, -0.1) is 0 Å². The lowest BCUT2D eigenvalue weighted by molar-refractivity contribution is -0.155. The van der Waals surface area contributed by atoms with Gasteiger partial charge in [0.15, 0.2) is 0 Å². The predicted molar refractivity (Wildman–Crippen MR) is 80.1 cm³/mol. The Bertz CT molecular complexity index is 346. The van der Waals surface area contributed by atoms with Crippen molar-refractivity contribution in [1.29, 1.82) is 0 Å². The summed E-state index contributed by atoms with van der Waals surface area (Å²) in [6.45, 7) is 12.7. The second-order valence-electron chi connectivity index (χ2n) is 7.45. The number of rotatable bonds is 3. The Kier molecular flexibility index (Phi) is 5.61. The second kappa shape index (κ2) is 6.64. The van der Waals surface area contributed by atoms with Crippen molar-refractivity contribution in [1.82, 2.24) is 10.2 Å². The van der Waals surface area contributed by atoms with Gasteiger partial charge < -0.3 is 14.8 Å². The van der Waals surface area contributed by atoms with Crippen molar-refractivity contribution >= 4 is 12.1 Å². The highest BCUT2D eigenvalue weighted by molar-refractivity contribution is 5.72. The van der Waals surface area contributed by atoms with Gasteiger partial charge in [0, 0.05) is 19.1 Å². The number of esters is 1. The molecule has 0 bridgehead atoms. The van der Waals surface area contributed by atoms with E-state index in [0.717, 1.165) is 13.0 Å². The van der Waals surface area contributed by atoms with E-state index < -0.39 is 17.3 Å². The molecule has 1 rings (SSSR count). The van der Waals surface area contributed by atoms with Crippen molar-refractivity contribution in [3.63, 3.8) is 0 Å². The number of ether oxygens (including phenoxy) is 2. The van der Waals surface area contributed by atoms with Crippen molar-refractivity contribution < 1.29 is 19.1 Å². The largest absolute Gasteiger partial charge is 0.459 e. The summed E-state index contributed by atoms with van der Waals surface area (Å²) < 4.78 is 10.5. The van der Waals surface area contributed by atoms with E-state index in [0.29, 0.717) is 6.54 Å². The van der Waals surface area contributed by atoms with Gasteiger partial charge in [-0.2, -0.15) is 0 Å². The quantitative estimate of drug-likeness (QED) is 0.807. The first-order chi connectivity index (χ1) is 9.44. The molecule has 1 fully saturated rings. The average molecular weight is 300 g/mol. The Labute approximate surface area is 127 Å². The summed E-state index contributed by atoms with van der Waals surface area (Å²) in [5, 5.41) is 2.83. The van der Waals surface area contributed by atoms with Crippen molar-refractivity contribution in [2.24, 2.45) is 0 Å². The molecule has 6 heteroatoms. The highest BCUT2D eigenvalue weighted by Crippen LogP contribution is 2.13. The maximum absolute atomic E-state index is 11.8. The van der Waals surface area contributed by atoms with Gasteiger partial charge in [-0.3, -0.25) is 9.69 Å². The van der Waals surface area contributed by atoms with Crippen LogP contribution in [0.25, 0.3) is 0 Å². The Hall–Kier alpha value is -1.30. The molecule has 1 atom stereocenters. The lowest BCUT2D eigenvalue weighted by Gasteiger charge is -2.23. The summed E-state index contributed by atoms with van der Waals surface area (Å²) in [7, 11) is 0. The molecule has 0 unspecified atom stereocenters. The van der Waals surface area contributed by atoms with Gasteiger partial charge in [0.25, 0.3) is 0 Å². The topological polar surface area (TPSA) is 67.9 Å². The molecular weight excluding hydrogens is 272 g/mol. The minimum absolute atomic E-state index is 0.0160. The smallest absolute Gasteiger partial charge is 0.407 e. The molecule has 1 heterocycles. The number of nitrogens with one attached hydrogen (secondary N) is 1. The molecule has 1 saturated heterocycles. The van der Waals surface area contributed by atoms with Gasteiger partial charge in [0.1, 0.15) is 11.2 Å². The Morgan fingerprint density at radius 3 is 2.19 bits per heavy atom. The number of carbonyl (C=O) groups excluding carboxylic acids is 2. The second-order valence-corrected chi connectivity index (χ2v) is 7.45. The van der Waals surface area contributed by atoms with Crippen molar-refractivity contribution in [3.8, 4) is 0 Å². The third kappa shape index (κ3) is 7.90. The lowest BCUT2D eigenvalue weighted by atomic mass is 10.2. The molecule has 0 aromatic heterocycles. The van der Waals surface area contributed by atoms with Gasteiger partial charge in [0.05, 0.1) is 6.54 Å². The normalized spacial score (nSPS) is 20.2. The Morgan fingerprint density at radius 1 is 1.10 bits per heavy atom. The third-order valence-electron chi connectivity index (χ3n) is 2.77. The summed E-state index contributed by atoms with van der Waals surface area (Å²) in [6, 6.07) is 0.0160. The standard InChI is InChI=1S/C15H28N2O4/c1-14(2,3)20-12(18)10-17-8-7-11(9-17)16-13(19)21-15(4,5)6/h11H,7-10H2,1-6H3,(H,16,19)/t11-/m1/s1. The molecule has 1 amide bonds. The number of hydrogen-bond donors (Lipinski definition) is 1. The van der Waals surface area contributed by atoms with Crippen molar-refractivity contribution in [3.05, 3.63) is 0 Å². The van der Waals surface area contributed by atoms with Crippen LogP contribution in [0.4, 0.5) is 4.79 Å². The molecule has 122 valence electrons. The Balaban J connectivity index is 2.33. The summed E-state index contributed by atoms with van der Waals surface area (Å²) in [5.41, 5.74) is -0.968. The molecule has 0 radical (unpaired) electrons. The van der Waals surface area contributed by atoms with E-state index in [1.54, 1.807) is 0 Å². The molecule has 21 heavy (non-hydrogen) atoms. The van der Waals surface area contributed by atoms with E-state index in [9.17, 15) is 9.59 Å². The average Bonchev–Trinajstić information content (AvgIpc) is 2.58. The van der Waals surface area contributed by atoms with Crippen LogP contribution in [0.2, 0.25) is 0 Å². The van der Waals surface area contributed by atoms with Crippen molar-refractivity contribution in [2.75, 3.05) is 19.6 Å². The summed E-state index contributed by atoms with van der Waals surface area (Å²) in [5.74, 6) is -0.236. The predicted octanol–water partition coefficient (Wildman–Crippen LogP) is 1.93. The van der Waals surface area contributed by atoms with E-state index in [2.05, 4.69) is 5.32 Å². The van der Waals surface area contributed by atoms with E-state index in [4.69, 9.17) is 9.47 Å². The maximum Gasteiger partial charge on any atom is 0.407 e. The third-order valence-corrected chi connectivity index (χ3v) is 2.77. The van der Waals surface area contributed by atoms with Gasteiger partial charge in [-0.05, 0) is 48.0 Å². The van der Waals surface area contributed by atoms with Crippen LogP contribution in [0.15, 0.2) is 0 Å². The molecule has 0 saturated carbocycles. The first-order valence-electron chi connectivity index (χ1n) is 7.38. The highest BCUT2D eigenvalue weighted by atomic mass is 16.6. The zero-order chi connectivity index (χ0) is 16.3. The van der Waals surface area contributed by atoms with Gasteiger partial charge in [-0.25, -0.2) is 4.79 Å². The number of likely N-dealkylation sites (tertiary alicyclic amines) is 1. The number of hydrogen-bond acceptors (Lipinski definition) is 5. The minimum Gasteiger partial charge on any atom is -0.459 e. The SMILES string of the molecule is CC(C)(C)OC(=O)CN1CC[C@@H](NC(=O)OC(C)(C)C)C1. The molecule has 6 nitrogen and oxygen atoms in total. The molecule has 0 aromatic carbocycles. The zero-order valence-corrected chi connectivity index (χ0v) is 14.0. The van der Waals surface area contributed by atoms with E-state index in [1.165, 1.54) is 0 Å².